The molecule has 0 radical (unpaired) electrons. The number of halogens is 1. The Labute approximate surface area is 92.7 Å². The van der Waals surface area contributed by atoms with Crippen LogP contribution in [0.2, 0.25) is 5.15 Å². The van der Waals surface area contributed by atoms with Gasteiger partial charge in [-0.2, -0.15) is 0 Å². The molecule has 0 amide bonds. The van der Waals surface area contributed by atoms with Crippen molar-refractivity contribution in [2.75, 3.05) is 5.73 Å². The Morgan fingerprint density at radius 1 is 1.40 bits per heavy atom. The average Bonchev–Trinajstić information content (AvgIpc) is 2.61. The normalized spacial score (nSPS) is 10.5. The van der Waals surface area contributed by atoms with Gasteiger partial charge >= 0.3 is 0 Å². The van der Waals surface area contributed by atoms with Crippen molar-refractivity contribution in [2.24, 2.45) is 0 Å². The number of anilines is 1. The molecule has 0 aliphatic heterocycles. The monoisotopic (exact) mass is 222 g/mol. The van der Waals surface area contributed by atoms with Gasteiger partial charge in [-0.05, 0) is 12.1 Å². The van der Waals surface area contributed by atoms with E-state index >= 15 is 0 Å². The first-order valence-corrected chi connectivity index (χ1v) is 5.01. The fraction of sp³-hybridized carbons (Fsp3) is 0.200. The van der Waals surface area contributed by atoms with Crippen LogP contribution in [0.5, 0.6) is 0 Å². The molecule has 0 aliphatic rings. The van der Waals surface area contributed by atoms with Crippen LogP contribution < -0.4 is 5.73 Å². The SMILES string of the molecule is Nc1nccn1CCc1cccc(Cl)n1. The Bertz CT molecular complexity index is 452. The van der Waals surface area contributed by atoms with Gasteiger partial charge in [0.05, 0.1) is 0 Å². The minimum atomic E-state index is 0.520. The van der Waals surface area contributed by atoms with Crippen molar-refractivity contribution in [3.05, 3.63) is 41.4 Å². The molecular formula is C10H11ClN4. The summed E-state index contributed by atoms with van der Waals surface area (Å²) in [5.74, 6) is 0.525. The number of aryl methyl sites for hydroxylation is 2. The third-order valence-corrected chi connectivity index (χ3v) is 2.34. The van der Waals surface area contributed by atoms with Crippen LogP contribution in [0, 0.1) is 0 Å². The molecule has 0 bridgehead atoms. The number of aromatic nitrogens is 3. The average molecular weight is 223 g/mol. The minimum absolute atomic E-state index is 0.520. The molecule has 0 atom stereocenters. The quantitative estimate of drug-likeness (QED) is 0.806. The molecule has 4 nitrogen and oxygen atoms in total. The van der Waals surface area contributed by atoms with Gasteiger partial charge in [0.25, 0.3) is 0 Å². The number of hydrogen-bond acceptors (Lipinski definition) is 3. The fourth-order valence-corrected chi connectivity index (χ4v) is 1.54. The van der Waals surface area contributed by atoms with Crippen LogP contribution in [0.1, 0.15) is 5.69 Å². The van der Waals surface area contributed by atoms with Gasteiger partial charge in [-0.25, -0.2) is 9.97 Å². The Morgan fingerprint density at radius 3 is 2.93 bits per heavy atom. The second-order valence-electron chi connectivity index (χ2n) is 3.18. The van der Waals surface area contributed by atoms with E-state index in [1.165, 1.54) is 0 Å². The molecule has 0 fully saturated rings. The molecule has 78 valence electrons. The second-order valence-corrected chi connectivity index (χ2v) is 3.57. The van der Waals surface area contributed by atoms with E-state index < -0.39 is 0 Å². The van der Waals surface area contributed by atoms with E-state index in [0.717, 1.165) is 18.7 Å². The summed E-state index contributed by atoms with van der Waals surface area (Å²) >= 11 is 5.78. The van der Waals surface area contributed by atoms with Crippen LogP contribution in [0.25, 0.3) is 0 Å². The number of pyridine rings is 1. The van der Waals surface area contributed by atoms with Crippen LogP contribution in [0.3, 0.4) is 0 Å². The number of imidazole rings is 1. The molecule has 0 unspecified atom stereocenters. The van der Waals surface area contributed by atoms with Crippen LogP contribution in [0.4, 0.5) is 5.95 Å². The molecule has 0 aromatic carbocycles. The summed E-state index contributed by atoms with van der Waals surface area (Å²) in [6.45, 7) is 0.763. The molecule has 15 heavy (non-hydrogen) atoms. The van der Waals surface area contributed by atoms with Gasteiger partial charge in [0.2, 0.25) is 0 Å². The first kappa shape index (κ1) is 9.98. The first-order valence-electron chi connectivity index (χ1n) is 4.64. The third kappa shape index (κ3) is 2.47. The molecule has 0 aliphatic carbocycles. The molecule has 0 spiro atoms. The van der Waals surface area contributed by atoms with Crippen LogP contribution in [-0.2, 0) is 13.0 Å². The van der Waals surface area contributed by atoms with E-state index in [1.54, 1.807) is 12.3 Å². The van der Waals surface area contributed by atoms with E-state index in [9.17, 15) is 0 Å². The van der Waals surface area contributed by atoms with E-state index in [0.29, 0.717) is 11.1 Å². The van der Waals surface area contributed by atoms with Crippen molar-refractivity contribution in [3.63, 3.8) is 0 Å². The van der Waals surface area contributed by atoms with Crippen LogP contribution in [0.15, 0.2) is 30.6 Å². The van der Waals surface area contributed by atoms with Crippen molar-refractivity contribution in [3.8, 4) is 0 Å². The maximum atomic E-state index is 5.78. The van der Waals surface area contributed by atoms with Crippen LogP contribution in [-0.4, -0.2) is 14.5 Å². The zero-order valence-corrected chi connectivity index (χ0v) is 8.85. The lowest BCUT2D eigenvalue weighted by Gasteiger charge is -2.04. The van der Waals surface area contributed by atoms with Crippen molar-refractivity contribution < 1.29 is 0 Å². The zero-order chi connectivity index (χ0) is 10.7. The largest absolute Gasteiger partial charge is 0.369 e. The molecule has 2 rings (SSSR count). The molecule has 2 aromatic heterocycles. The molecule has 2 N–H and O–H groups in total. The fourth-order valence-electron chi connectivity index (χ4n) is 1.35. The Balaban J connectivity index is 2.02. The van der Waals surface area contributed by atoms with Crippen molar-refractivity contribution in [2.45, 2.75) is 13.0 Å². The predicted molar refractivity (Wildman–Crippen MR) is 59.6 cm³/mol. The molecular weight excluding hydrogens is 212 g/mol. The number of nitrogens with two attached hydrogens (primary N) is 1. The highest BCUT2D eigenvalue weighted by Crippen LogP contribution is 2.07. The molecule has 2 aromatic rings. The van der Waals surface area contributed by atoms with E-state index in [-0.39, 0.29) is 0 Å². The number of rotatable bonds is 3. The Hall–Kier alpha value is -1.55. The standard InChI is InChI=1S/C10H11ClN4/c11-9-3-1-2-8(14-9)4-6-15-7-5-13-10(15)12/h1-3,5,7H,4,6H2,(H2,12,13). The minimum Gasteiger partial charge on any atom is -0.369 e. The summed E-state index contributed by atoms with van der Waals surface area (Å²) in [5, 5.41) is 0.520. The topological polar surface area (TPSA) is 56.7 Å². The van der Waals surface area contributed by atoms with Crippen molar-refractivity contribution in [1.82, 2.24) is 14.5 Å². The van der Waals surface area contributed by atoms with Gasteiger partial charge in [0, 0.05) is 31.1 Å². The first-order chi connectivity index (χ1) is 7.25. The number of nitrogen functional groups attached to an aromatic ring is 1. The number of nitrogens with zero attached hydrogens (tertiary/aromatic N) is 3. The van der Waals surface area contributed by atoms with Crippen LogP contribution >= 0.6 is 11.6 Å². The molecule has 0 saturated carbocycles. The maximum absolute atomic E-state index is 5.78. The highest BCUT2D eigenvalue weighted by atomic mass is 35.5. The van der Waals surface area contributed by atoms with Crippen molar-refractivity contribution >= 4 is 17.5 Å². The summed E-state index contributed by atoms with van der Waals surface area (Å²) < 4.78 is 1.88. The lowest BCUT2D eigenvalue weighted by molar-refractivity contribution is 0.694. The summed E-state index contributed by atoms with van der Waals surface area (Å²) in [4.78, 5) is 8.13. The van der Waals surface area contributed by atoms with Gasteiger partial charge in [-0.3, -0.25) is 0 Å². The van der Waals surface area contributed by atoms with Gasteiger partial charge in [-0.15, -0.1) is 0 Å². The zero-order valence-electron chi connectivity index (χ0n) is 8.10. The lowest BCUT2D eigenvalue weighted by atomic mass is 10.3. The van der Waals surface area contributed by atoms with Gasteiger partial charge < -0.3 is 10.3 Å². The van der Waals surface area contributed by atoms with Gasteiger partial charge in [0.15, 0.2) is 5.95 Å². The lowest BCUT2D eigenvalue weighted by Crippen LogP contribution is -2.05. The smallest absolute Gasteiger partial charge is 0.200 e. The molecule has 0 saturated heterocycles. The summed E-state index contributed by atoms with van der Waals surface area (Å²) in [6, 6.07) is 5.59. The van der Waals surface area contributed by atoms with E-state index in [1.807, 2.05) is 22.9 Å². The number of hydrogen-bond donors (Lipinski definition) is 1. The van der Waals surface area contributed by atoms with Gasteiger partial charge in [0.1, 0.15) is 5.15 Å². The molecule has 5 heteroatoms. The second kappa shape index (κ2) is 4.31. The van der Waals surface area contributed by atoms with Crippen molar-refractivity contribution in [1.29, 1.82) is 0 Å². The summed E-state index contributed by atoms with van der Waals surface area (Å²) in [5.41, 5.74) is 6.59. The third-order valence-electron chi connectivity index (χ3n) is 2.13. The highest BCUT2D eigenvalue weighted by Gasteiger charge is 1.99. The summed E-state index contributed by atoms with van der Waals surface area (Å²) in [7, 11) is 0. The van der Waals surface area contributed by atoms with E-state index in [2.05, 4.69) is 9.97 Å². The molecule has 2 heterocycles. The predicted octanol–water partition coefficient (Wildman–Crippen LogP) is 1.76. The maximum Gasteiger partial charge on any atom is 0.200 e. The highest BCUT2D eigenvalue weighted by molar-refractivity contribution is 6.29. The van der Waals surface area contributed by atoms with Gasteiger partial charge in [-0.1, -0.05) is 17.7 Å². The van der Waals surface area contributed by atoms with E-state index in [4.69, 9.17) is 17.3 Å². The summed E-state index contributed by atoms with van der Waals surface area (Å²) in [6.07, 6.45) is 4.32. The Kier molecular flexibility index (Phi) is 2.87. The Morgan fingerprint density at radius 2 is 2.27 bits per heavy atom.